The number of allylic oxidation sites excluding steroid dienone is 3. The Morgan fingerprint density at radius 1 is 1.00 bits per heavy atom. The molecule has 0 fully saturated rings. The molecule has 0 radical (unpaired) electrons. The Balaban J connectivity index is 3.47. The van der Waals surface area contributed by atoms with E-state index in [0.717, 1.165) is 0 Å². The predicted octanol–water partition coefficient (Wildman–Crippen LogP) is 5.26. The van der Waals surface area contributed by atoms with Gasteiger partial charge in [-0.2, -0.15) is 0 Å². The SMILES string of the molecule is C=C/C(=C/CCC)CCCCCCC. The van der Waals surface area contributed by atoms with Crippen LogP contribution in [0.25, 0.3) is 0 Å². The van der Waals surface area contributed by atoms with E-state index in [-0.39, 0.29) is 0 Å². The molecule has 0 aliphatic rings. The fourth-order valence-electron chi connectivity index (χ4n) is 1.55. The van der Waals surface area contributed by atoms with Crippen LogP contribution >= 0.6 is 0 Å². The van der Waals surface area contributed by atoms with E-state index in [4.69, 9.17) is 0 Å². The lowest BCUT2D eigenvalue weighted by Crippen LogP contribution is -1.82. The van der Waals surface area contributed by atoms with Crippen molar-refractivity contribution in [3.8, 4) is 0 Å². The molecule has 0 aromatic carbocycles. The highest BCUT2D eigenvalue weighted by Gasteiger charge is 1.92. The van der Waals surface area contributed by atoms with Gasteiger partial charge in [-0.25, -0.2) is 0 Å². The van der Waals surface area contributed by atoms with Crippen molar-refractivity contribution in [3.05, 3.63) is 24.3 Å². The molecule has 0 atom stereocenters. The molecule has 0 aromatic rings. The van der Waals surface area contributed by atoms with Crippen molar-refractivity contribution in [2.45, 2.75) is 65.2 Å². The summed E-state index contributed by atoms with van der Waals surface area (Å²) in [7, 11) is 0. The van der Waals surface area contributed by atoms with Crippen molar-refractivity contribution in [1.29, 1.82) is 0 Å². The van der Waals surface area contributed by atoms with E-state index in [1.54, 1.807) is 0 Å². The summed E-state index contributed by atoms with van der Waals surface area (Å²) < 4.78 is 0. The number of unbranched alkanes of at least 4 members (excludes halogenated alkanes) is 5. The second kappa shape index (κ2) is 10.6. The van der Waals surface area contributed by atoms with Gasteiger partial charge in [0, 0.05) is 0 Å². The monoisotopic (exact) mass is 194 g/mol. The predicted molar refractivity (Wildman–Crippen MR) is 66.6 cm³/mol. The van der Waals surface area contributed by atoms with E-state index in [9.17, 15) is 0 Å². The van der Waals surface area contributed by atoms with Crippen LogP contribution in [0, 0.1) is 0 Å². The van der Waals surface area contributed by atoms with Gasteiger partial charge >= 0.3 is 0 Å². The molecule has 14 heavy (non-hydrogen) atoms. The summed E-state index contributed by atoms with van der Waals surface area (Å²) in [5, 5.41) is 0. The van der Waals surface area contributed by atoms with E-state index in [0.29, 0.717) is 0 Å². The van der Waals surface area contributed by atoms with Crippen LogP contribution in [0.1, 0.15) is 65.2 Å². The molecule has 0 bridgehead atoms. The van der Waals surface area contributed by atoms with E-state index in [1.807, 2.05) is 6.08 Å². The van der Waals surface area contributed by atoms with E-state index in [1.165, 1.54) is 56.9 Å². The van der Waals surface area contributed by atoms with Crippen LogP contribution in [-0.4, -0.2) is 0 Å². The van der Waals surface area contributed by atoms with Crippen LogP contribution in [0.4, 0.5) is 0 Å². The Morgan fingerprint density at radius 3 is 2.29 bits per heavy atom. The topological polar surface area (TPSA) is 0 Å². The van der Waals surface area contributed by atoms with Crippen molar-refractivity contribution >= 4 is 0 Å². The number of rotatable bonds is 9. The first-order valence-electron chi connectivity index (χ1n) is 6.16. The third-order valence-electron chi connectivity index (χ3n) is 2.53. The minimum absolute atomic E-state index is 1.20. The summed E-state index contributed by atoms with van der Waals surface area (Å²) >= 11 is 0. The molecule has 0 nitrogen and oxygen atoms in total. The molecule has 0 unspecified atom stereocenters. The lowest BCUT2D eigenvalue weighted by molar-refractivity contribution is 0.632. The van der Waals surface area contributed by atoms with Crippen molar-refractivity contribution < 1.29 is 0 Å². The van der Waals surface area contributed by atoms with Crippen LogP contribution in [-0.2, 0) is 0 Å². The van der Waals surface area contributed by atoms with E-state index < -0.39 is 0 Å². The first kappa shape index (κ1) is 13.5. The van der Waals surface area contributed by atoms with Crippen molar-refractivity contribution in [3.63, 3.8) is 0 Å². The van der Waals surface area contributed by atoms with Crippen molar-refractivity contribution in [1.82, 2.24) is 0 Å². The van der Waals surface area contributed by atoms with Crippen molar-refractivity contribution in [2.75, 3.05) is 0 Å². The van der Waals surface area contributed by atoms with E-state index >= 15 is 0 Å². The van der Waals surface area contributed by atoms with Gasteiger partial charge in [-0.3, -0.25) is 0 Å². The average molecular weight is 194 g/mol. The molecule has 0 saturated carbocycles. The van der Waals surface area contributed by atoms with Crippen LogP contribution in [0.2, 0.25) is 0 Å². The largest absolute Gasteiger partial charge is 0.0988 e. The minimum atomic E-state index is 1.20. The third-order valence-corrected chi connectivity index (χ3v) is 2.53. The van der Waals surface area contributed by atoms with Crippen molar-refractivity contribution in [2.24, 2.45) is 0 Å². The zero-order valence-electron chi connectivity index (χ0n) is 10.0. The number of hydrogen-bond acceptors (Lipinski definition) is 0. The van der Waals surface area contributed by atoms with Gasteiger partial charge in [0.25, 0.3) is 0 Å². The van der Waals surface area contributed by atoms with Crippen LogP contribution in [0.3, 0.4) is 0 Å². The van der Waals surface area contributed by atoms with Gasteiger partial charge in [-0.05, 0) is 19.3 Å². The maximum absolute atomic E-state index is 3.86. The fourth-order valence-corrected chi connectivity index (χ4v) is 1.55. The van der Waals surface area contributed by atoms with Gasteiger partial charge in [0.05, 0.1) is 0 Å². The molecule has 0 aliphatic heterocycles. The van der Waals surface area contributed by atoms with Crippen LogP contribution in [0.15, 0.2) is 24.3 Å². The Kier molecular flexibility index (Phi) is 10.2. The Bertz CT molecular complexity index is 153. The molecular formula is C14H26. The van der Waals surface area contributed by atoms with Crippen LogP contribution < -0.4 is 0 Å². The minimum Gasteiger partial charge on any atom is -0.0988 e. The molecule has 0 rings (SSSR count). The molecule has 0 spiro atoms. The maximum atomic E-state index is 3.86. The van der Waals surface area contributed by atoms with Gasteiger partial charge in [-0.1, -0.05) is 70.3 Å². The highest BCUT2D eigenvalue weighted by molar-refractivity contribution is 5.15. The van der Waals surface area contributed by atoms with Crippen LogP contribution in [0.5, 0.6) is 0 Å². The fraction of sp³-hybridized carbons (Fsp3) is 0.714. The molecule has 0 N–H and O–H groups in total. The molecule has 0 amide bonds. The zero-order valence-corrected chi connectivity index (χ0v) is 10.0. The smallest absolute Gasteiger partial charge is 0.0282 e. The molecular weight excluding hydrogens is 168 g/mol. The van der Waals surface area contributed by atoms with Gasteiger partial charge in [0.15, 0.2) is 0 Å². The standard InChI is InChI=1S/C14H26/c1-4-7-9-10-11-13-14(6-3)12-8-5-2/h6,12H,3-5,7-11,13H2,1-2H3/b14-12-. The van der Waals surface area contributed by atoms with Gasteiger partial charge in [0.1, 0.15) is 0 Å². The number of hydrogen-bond donors (Lipinski definition) is 0. The summed E-state index contributed by atoms with van der Waals surface area (Å²) in [6.45, 7) is 8.34. The van der Waals surface area contributed by atoms with Gasteiger partial charge < -0.3 is 0 Å². The van der Waals surface area contributed by atoms with E-state index in [2.05, 4.69) is 26.5 Å². The zero-order chi connectivity index (χ0) is 10.6. The Morgan fingerprint density at radius 2 is 1.71 bits per heavy atom. The molecule has 0 heterocycles. The quantitative estimate of drug-likeness (QED) is 0.347. The summed E-state index contributed by atoms with van der Waals surface area (Å²) in [6.07, 6.45) is 14.9. The Hall–Kier alpha value is -0.520. The molecule has 0 saturated heterocycles. The lowest BCUT2D eigenvalue weighted by Gasteiger charge is -2.02. The normalized spacial score (nSPS) is 11.7. The second-order valence-corrected chi connectivity index (χ2v) is 3.94. The maximum Gasteiger partial charge on any atom is -0.0282 e. The molecule has 0 heteroatoms. The second-order valence-electron chi connectivity index (χ2n) is 3.94. The highest BCUT2D eigenvalue weighted by Crippen LogP contribution is 2.12. The molecule has 82 valence electrons. The molecule has 0 aliphatic carbocycles. The third kappa shape index (κ3) is 8.10. The summed E-state index contributed by atoms with van der Waals surface area (Å²) in [5.41, 5.74) is 1.45. The Labute approximate surface area is 90.1 Å². The lowest BCUT2D eigenvalue weighted by atomic mass is 10.0. The molecule has 0 aromatic heterocycles. The summed E-state index contributed by atoms with van der Waals surface area (Å²) in [6, 6.07) is 0. The highest BCUT2D eigenvalue weighted by atomic mass is 14.0. The summed E-state index contributed by atoms with van der Waals surface area (Å²) in [5.74, 6) is 0. The van der Waals surface area contributed by atoms with Gasteiger partial charge in [-0.15, -0.1) is 0 Å². The first-order chi connectivity index (χ1) is 6.85. The first-order valence-corrected chi connectivity index (χ1v) is 6.16. The summed E-state index contributed by atoms with van der Waals surface area (Å²) in [4.78, 5) is 0. The van der Waals surface area contributed by atoms with Gasteiger partial charge in [0.2, 0.25) is 0 Å². The average Bonchev–Trinajstić information content (AvgIpc) is 2.22.